The van der Waals surface area contributed by atoms with Crippen LogP contribution >= 0.6 is 11.8 Å². The molecule has 2 heterocycles. The highest BCUT2D eigenvalue weighted by Gasteiger charge is 2.18. The number of thioether (sulfide) groups is 1. The molecule has 5 nitrogen and oxygen atoms in total. The summed E-state index contributed by atoms with van der Waals surface area (Å²) in [7, 11) is 0. The van der Waals surface area contributed by atoms with Gasteiger partial charge in [-0.05, 0) is 59.8 Å². The Morgan fingerprint density at radius 3 is 2.58 bits per heavy atom. The van der Waals surface area contributed by atoms with Crippen molar-refractivity contribution in [2.75, 3.05) is 19.3 Å². The van der Waals surface area contributed by atoms with Crippen molar-refractivity contribution in [3.05, 3.63) is 77.5 Å². The lowest BCUT2D eigenvalue weighted by atomic mass is 10.0. The number of hydrogen-bond acceptors (Lipinski definition) is 5. The standard InChI is InChI=1S/C25H26N2O3S/c1-31-22-9-2-18(3-10-22)17-30-21-7-4-19(5-8-21)23-11-6-20-16-27(15-13-25(28)29)14-12-24(20)26-23/h2-11H,12-17H2,1H3,(H,28,29). The van der Waals surface area contributed by atoms with E-state index < -0.39 is 5.97 Å². The summed E-state index contributed by atoms with van der Waals surface area (Å²) in [5.74, 6) is 0.0879. The molecule has 0 aliphatic carbocycles. The van der Waals surface area contributed by atoms with Crippen LogP contribution in [0.15, 0.2) is 65.6 Å². The molecule has 0 unspecified atom stereocenters. The van der Waals surface area contributed by atoms with Crippen LogP contribution in [0, 0.1) is 0 Å². The SMILES string of the molecule is CSc1ccc(COc2ccc(-c3ccc4c(n3)CCN(CCC(=O)O)C4)cc2)cc1. The normalized spacial score (nSPS) is 13.6. The molecule has 1 N–H and O–H groups in total. The monoisotopic (exact) mass is 434 g/mol. The summed E-state index contributed by atoms with van der Waals surface area (Å²) in [5, 5.41) is 8.88. The Bertz CT molecular complexity index is 1040. The largest absolute Gasteiger partial charge is 0.489 e. The van der Waals surface area contributed by atoms with Crippen molar-refractivity contribution < 1.29 is 14.6 Å². The van der Waals surface area contributed by atoms with Crippen LogP contribution in [0.1, 0.15) is 23.2 Å². The van der Waals surface area contributed by atoms with E-state index in [9.17, 15) is 4.79 Å². The minimum atomic E-state index is -0.750. The molecule has 0 bridgehead atoms. The van der Waals surface area contributed by atoms with Gasteiger partial charge in [0.15, 0.2) is 0 Å². The number of aromatic nitrogens is 1. The van der Waals surface area contributed by atoms with Gasteiger partial charge in [-0.25, -0.2) is 0 Å². The van der Waals surface area contributed by atoms with Gasteiger partial charge >= 0.3 is 5.97 Å². The predicted molar refractivity (Wildman–Crippen MR) is 123 cm³/mol. The molecule has 2 aromatic carbocycles. The van der Waals surface area contributed by atoms with Gasteiger partial charge in [-0.15, -0.1) is 11.8 Å². The van der Waals surface area contributed by atoms with E-state index in [0.717, 1.165) is 47.8 Å². The summed E-state index contributed by atoms with van der Waals surface area (Å²) in [6.45, 7) is 2.74. The topological polar surface area (TPSA) is 62.7 Å². The molecule has 0 amide bonds. The van der Waals surface area contributed by atoms with Gasteiger partial charge in [0.1, 0.15) is 12.4 Å². The molecule has 0 saturated heterocycles. The zero-order valence-corrected chi connectivity index (χ0v) is 18.4. The van der Waals surface area contributed by atoms with Gasteiger partial charge in [0.25, 0.3) is 0 Å². The van der Waals surface area contributed by atoms with Crippen molar-refractivity contribution in [3.8, 4) is 17.0 Å². The molecule has 0 fully saturated rings. The molecule has 4 rings (SSSR count). The maximum atomic E-state index is 10.8. The first kappa shape index (κ1) is 21.4. The number of nitrogens with zero attached hydrogens (tertiary/aromatic N) is 2. The van der Waals surface area contributed by atoms with E-state index in [0.29, 0.717) is 13.2 Å². The molecule has 160 valence electrons. The Kier molecular flexibility index (Phi) is 6.89. The zero-order valence-electron chi connectivity index (χ0n) is 17.6. The van der Waals surface area contributed by atoms with Crippen molar-refractivity contribution in [2.45, 2.75) is 30.9 Å². The van der Waals surface area contributed by atoms with E-state index >= 15 is 0 Å². The van der Waals surface area contributed by atoms with Crippen molar-refractivity contribution in [1.29, 1.82) is 0 Å². The summed E-state index contributed by atoms with van der Waals surface area (Å²) in [5.41, 5.74) is 5.46. The van der Waals surface area contributed by atoms with Crippen molar-refractivity contribution in [2.24, 2.45) is 0 Å². The quantitative estimate of drug-likeness (QED) is 0.510. The lowest BCUT2D eigenvalue weighted by Gasteiger charge is -2.27. The van der Waals surface area contributed by atoms with E-state index in [1.807, 2.05) is 30.3 Å². The number of aliphatic carboxylic acids is 1. The van der Waals surface area contributed by atoms with Gasteiger partial charge in [-0.2, -0.15) is 0 Å². The second-order valence-corrected chi connectivity index (χ2v) is 8.51. The van der Waals surface area contributed by atoms with E-state index in [4.69, 9.17) is 14.8 Å². The summed E-state index contributed by atoms with van der Waals surface area (Å²) in [4.78, 5) is 19.1. The average Bonchev–Trinajstić information content (AvgIpc) is 2.81. The van der Waals surface area contributed by atoms with Gasteiger partial charge in [0.05, 0.1) is 12.1 Å². The molecular formula is C25H26N2O3S. The van der Waals surface area contributed by atoms with Gasteiger partial charge in [-0.1, -0.05) is 18.2 Å². The Morgan fingerprint density at radius 2 is 1.87 bits per heavy atom. The molecule has 1 aliphatic heterocycles. The minimum Gasteiger partial charge on any atom is -0.489 e. The van der Waals surface area contributed by atoms with Crippen LogP contribution in [0.3, 0.4) is 0 Å². The molecule has 31 heavy (non-hydrogen) atoms. The maximum Gasteiger partial charge on any atom is 0.304 e. The Hall–Kier alpha value is -2.83. The highest BCUT2D eigenvalue weighted by atomic mass is 32.2. The Balaban J connectivity index is 1.37. The highest BCUT2D eigenvalue weighted by molar-refractivity contribution is 7.98. The minimum absolute atomic E-state index is 0.179. The predicted octanol–water partition coefficient (Wildman–Crippen LogP) is 4.88. The molecular weight excluding hydrogens is 408 g/mol. The first-order valence-electron chi connectivity index (χ1n) is 10.4. The van der Waals surface area contributed by atoms with Crippen LogP contribution in [0.5, 0.6) is 5.75 Å². The summed E-state index contributed by atoms with van der Waals surface area (Å²) < 4.78 is 5.92. The smallest absolute Gasteiger partial charge is 0.304 e. The zero-order chi connectivity index (χ0) is 21.6. The number of carboxylic acids is 1. The van der Waals surface area contributed by atoms with Crippen LogP contribution < -0.4 is 4.74 Å². The van der Waals surface area contributed by atoms with Crippen molar-refractivity contribution in [3.63, 3.8) is 0 Å². The fourth-order valence-electron chi connectivity index (χ4n) is 3.69. The summed E-state index contributed by atoms with van der Waals surface area (Å²) >= 11 is 1.73. The molecule has 0 saturated carbocycles. The molecule has 0 spiro atoms. The third kappa shape index (κ3) is 5.66. The second-order valence-electron chi connectivity index (χ2n) is 7.63. The van der Waals surface area contributed by atoms with E-state index in [2.05, 4.69) is 41.5 Å². The van der Waals surface area contributed by atoms with Gasteiger partial charge < -0.3 is 9.84 Å². The van der Waals surface area contributed by atoms with Crippen LogP contribution in [-0.4, -0.2) is 40.3 Å². The van der Waals surface area contributed by atoms with Gasteiger partial charge in [0, 0.05) is 42.2 Å². The van der Waals surface area contributed by atoms with Crippen LogP contribution in [-0.2, 0) is 24.4 Å². The first-order chi connectivity index (χ1) is 15.1. The Morgan fingerprint density at radius 1 is 1.10 bits per heavy atom. The van der Waals surface area contributed by atoms with Gasteiger partial charge in [0.2, 0.25) is 0 Å². The number of carboxylic acid groups (broad SMARTS) is 1. The van der Waals surface area contributed by atoms with Crippen molar-refractivity contribution >= 4 is 17.7 Å². The molecule has 0 radical (unpaired) electrons. The highest BCUT2D eigenvalue weighted by Crippen LogP contribution is 2.25. The van der Waals surface area contributed by atoms with E-state index in [1.165, 1.54) is 10.5 Å². The number of hydrogen-bond donors (Lipinski definition) is 1. The molecule has 1 aliphatic rings. The number of fused-ring (bicyclic) bond motifs is 1. The molecule has 3 aromatic rings. The number of pyridine rings is 1. The first-order valence-corrected chi connectivity index (χ1v) is 11.6. The fourth-order valence-corrected chi connectivity index (χ4v) is 4.10. The second kappa shape index (κ2) is 9.98. The van der Waals surface area contributed by atoms with Crippen LogP contribution in [0.25, 0.3) is 11.3 Å². The van der Waals surface area contributed by atoms with E-state index in [1.54, 1.807) is 11.8 Å². The van der Waals surface area contributed by atoms with E-state index in [-0.39, 0.29) is 6.42 Å². The lowest BCUT2D eigenvalue weighted by molar-refractivity contribution is -0.137. The summed E-state index contributed by atoms with van der Waals surface area (Å²) in [6, 6.07) is 20.6. The number of benzene rings is 2. The Labute approximate surface area is 187 Å². The number of carbonyl (C=O) groups is 1. The number of ether oxygens (including phenoxy) is 1. The van der Waals surface area contributed by atoms with Crippen LogP contribution in [0.4, 0.5) is 0 Å². The fraction of sp³-hybridized carbons (Fsp3) is 0.280. The average molecular weight is 435 g/mol. The third-order valence-corrected chi connectivity index (χ3v) is 6.23. The van der Waals surface area contributed by atoms with Gasteiger partial charge in [-0.3, -0.25) is 14.7 Å². The lowest BCUT2D eigenvalue weighted by Crippen LogP contribution is -2.32. The third-order valence-electron chi connectivity index (χ3n) is 5.48. The van der Waals surface area contributed by atoms with Crippen LogP contribution in [0.2, 0.25) is 0 Å². The van der Waals surface area contributed by atoms with Crippen molar-refractivity contribution in [1.82, 2.24) is 9.88 Å². The summed E-state index contributed by atoms with van der Waals surface area (Å²) in [6.07, 6.45) is 3.10. The number of rotatable bonds is 8. The molecule has 0 atom stereocenters. The maximum absolute atomic E-state index is 10.8. The molecule has 1 aromatic heterocycles. The molecule has 6 heteroatoms.